The Bertz CT molecular complexity index is 1090. The number of rotatable bonds is 6. The largest absolute Gasteiger partial charge is 0.273 e. The van der Waals surface area contributed by atoms with Crippen molar-refractivity contribution in [3.63, 3.8) is 0 Å². The number of carbonyl (C=O) groups is 1. The van der Waals surface area contributed by atoms with Gasteiger partial charge in [-0.25, -0.2) is 25.9 Å². The third kappa shape index (κ3) is 4.11. The number of hydrogen-bond acceptors (Lipinski definition) is 5. The van der Waals surface area contributed by atoms with E-state index < -0.39 is 26.0 Å². The Kier molecular flexibility index (Phi) is 5.60. The molecule has 1 N–H and O–H groups in total. The molecule has 2 aromatic rings. The fraction of sp³-hybridized carbons (Fsp3) is 0.316. The minimum absolute atomic E-state index is 0.0679. The molecule has 0 atom stereocenters. The molecule has 3 rings (SSSR count). The average molecular weight is 423 g/mol. The summed E-state index contributed by atoms with van der Waals surface area (Å²) in [6.45, 7) is 3.43. The molecule has 1 amide bonds. The molecule has 1 fully saturated rings. The third-order valence-electron chi connectivity index (χ3n) is 4.58. The van der Waals surface area contributed by atoms with Crippen LogP contribution in [0.1, 0.15) is 23.1 Å². The number of nitrogens with zero attached hydrogens (tertiary/aromatic N) is 1. The lowest BCUT2D eigenvalue weighted by molar-refractivity contribution is -0.116. The molecule has 0 radical (unpaired) electrons. The normalized spacial score (nSPS) is 16.5. The van der Waals surface area contributed by atoms with Gasteiger partial charge in [-0.15, -0.1) is 0 Å². The van der Waals surface area contributed by atoms with E-state index in [1.54, 1.807) is 13.8 Å². The lowest BCUT2D eigenvalue weighted by Gasteiger charge is -2.19. The molecule has 1 aliphatic heterocycles. The van der Waals surface area contributed by atoms with E-state index >= 15 is 0 Å². The molecule has 0 bridgehead atoms. The number of sulfonamides is 2. The Hall–Kier alpha value is -2.23. The van der Waals surface area contributed by atoms with Crippen molar-refractivity contribution in [3.05, 3.63) is 59.2 Å². The Balaban J connectivity index is 1.85. The van der Waals surface area contributed by atoms with Crippen molar-refractivity contribution in [2.75, 3.05) is 16.6 Å². The van der Waals surface area contributed by atoms with Crippen LogP contribution in [0.15, 0.2) is 47.4 Å². The highest BCUT2D eigenvalue weighted by molar-refractivity contribution is 7.94. The van der Waals surface area contributed by atoms with Crippen LogP contribution in [-0.4, -0.2) is 35.0 Å². The fourth-order valence-electron chi connectivity index (χ4n) is 3.38. The zero-order chi connectivity index (χ0) is 20.5. The Labute approximate surface area is 165 Å². The molecule has 7 nitrogen and oxygen atoms in total. The van der Waals surface area contributed by atoms with Crippen LogP contribution in [0.3, 0.4) is 0 Å². The van der Waals surface area contributed by atoms with Crippen LogP contribution >= 0.6 is 0 Å². The minimum atomic E-state index is -3.78. The predicted octanol–water partition coefficient (Wildman–Crippen LogP) is 1.89. The lowest BCUT2D eigenvalue weighted by atomic mass is 10.1. The lowest BCUT2D eigenvalue weighted by Crippen LogP contribution is -2.30. The standard InChI is InChI=1S/C19H22N2O5S2/c1-14-12-17(21-18(22)9-11-27(21,23)24)13-15(2)19(14)28(25,26)20-10-8-16-6-4-3-5-7-16/h3-7,12-13,20H,8-11H2,1-2H3. The number of carbonyl (C=O) groups excluding carboxylic acids is 1. The first-order chi connectivity index (χ1) is 13.1. The SMILES string of the molecule is Cc1cc(N2C(=O)CCS2(=O)=O)cc(C)c1S(=O)(=O)NCCc1ccccc1. The zero-order valence-corrected chi connectivity index (χ0v) is 17.3. The van der Waals surface area contributed by atoms with Crippen LogP contribution in [0.4, 0.5) is 5.69 Å². The summed E-state index contributed by atoms with van der Waals surface area (Å²) >= 11 is 0. The van der Waals surface area contributed by atoms with Crippen LogP contribution in [0.25, 0.3) is 0 Å². The Morgan fingerprint density at radius 2 is 1.68 bits per heavy atom. The summed E-state index contributed by atoms with van der Waals surface area (Å²) in [5, 5.41) is 0. The molecule has 9 heteroatoms. The first-order valence-corrected chi connectivity index (χ1v) is 11.9. The van der Waals surface area contributed by atoms with Gasteiger partial charge in [0.1, 0.15) is 0 Å². The van der Waals surface area contributed by atoms with Gasteiger partial charge < -0.3 is 0 Å². The van der Waals surface area contributed by atoms with Crippen LogP contribution in [0, 0.1) is 13.8 Å². The second-order valence-electron chi connectivity index (χ2n) is 6.77. The summed E-state index contributed by atoms with van der Waals surface area (Å²) in [7, 11) is -7.47. The van der Waals surface area contributed by atoms with E-state index in [0.29, 0.717) is 17.5 Å². The van der Waals surface area contributed by atoms with E-state index in [0.717, 1.165) is 9.87 Å². The smallest absolute Gasteiger partial charge is 0.242 e. The second-order valence-corrected chi connectivity index (χ2v) is 10.4. The molecular weight excluding hydrogens is 400 g/mol. The first kappa shape index (κ1) is 20.5. The van der Waals surface area contributed by atoms with Gasteiger partial charge in [0.2, 0.25) is 26.0 Å². The molecule has 0 aliphatic carbocycles. The molecule has 1 saturated heterocycles. The van der Waals surface area contributed by atoms with E-state index in [4.69, 9.17) is 0 Å². The van der Waals surface area contributed by atoms with Crippen molar-refractivity contribution < 1.29 is 21.6 Å². The van der Waals surface area contributed by atoms with Crippen molar-refractivity contribution in [1.29, 1.82) is 0 Å². The average Bonchev–Trinajstić information content (AvgIpc) is 2.87. The summed E-state index contributed by atoms with van der Waals surface area (Å²) in [5.41, 5.74) is 1.97. The quantitative estimate of drug-likeness (QED) is 0.766. The highest BCUT2D eigenvalue weighted by Crippen LogP contribution is 2.31. The first-order valence-electron chi connectivity index (χ1n) is 8.82. The summed E-state index contributed by atoms with van der Waals surface area (Å²) in [5.74, 6) is -0.735. The predicted molar refractivity (Wildman–Crippen MR) is 107 cm³/mol. The minimum Gasteiger partial charge on any atom is -0.273 e. The van der Waals surface area contributed by atoms with Gasteiger partial charge in [-0.3, -0.25) is 4.79 Å². The van der Waals surface area contributed by atoms with E-state index in [2.05, 4.69) is 4.72 Å². The van der Waals surface area contributed by atoms with Gasteiger partial charge in [-0.2, -0.15) is 0 Å². The van der Waals surface area contributed by atoms with Crippen LogP contribution < -0.4 is 9.03 Å². The molecule has 1 heterocycles. The Morgan fingerprint density at radius 3 is 2.21 bits per heavy atom. The molecule has 2 aromatic carbocycles. The Morgan fingerprint density at radius 1 is 1.07 bits per heavy atom. The van der Waals surface area contributed by atoms with Crippen molar-refractivity contribution >= 4 is 31.6 Å². The van der Waals surface area contributed by atoms with E-state index in [1.807, 2.05) is 30.3 Å². The van der Waals surface area contributed by atoms with Crippen LogP contribution in [0.2, 0.25) is 0 Å². The molecule has 0 unspecified atom stereocenters. The maximum atomic E-state index is 12.8. The highest BCUT2D eigenvalue weighted by Gasteiger charge is 2.37. The number of benzene rings is 2. The molecule has 0 aromatic heterocycles. The number of aryl methyl sites for hydroxylation is 2. The van der Waals surface area contributed by atoms with Gasteiger partial charge >= 0.3 is 0 Å². The molecule has 150 valence electrons. The monoisotopic (exact) mass is 422 g/mol. The van der Waals surface area contributed by atoms with Gasteiger partial charge in [0.15, 0.2) is 0 Å². The topological polar surface area (TPSA) is 101 Å². The number of hydrogen-bond donors (Lipinski definition) is 1. The van der Waals surface area contributed by atoms with Gasteiger partial charge in [-0.1, -0.05) is 30.3 Å². The summed E-state index contributed by atoms with van der Waals surface area (Å²) in [4.78, 5) is 12.1. The van der Waals surface area contributed by atoms with Gasteiger partial charge in [0.25, 0.3) is 0 Å². The second kappa shape index (κ2) is 7.65. The van der Waals surface area contributed by atoms with Gasteiger partial charge in [-0.05, 0) is 49.1 Å². The maximum absolute atomic E-state index is 12.8. The summed E-state index contributed by atoms with van der Waals surface area (Å²) < 4.78 is 53.2. The number of anilines is 1. The molecule has 0 saturated carbocycles. The van der Waals surface area contributed by atoms with Crippen molar-refractivity contribution in [2.45, 2.75) is 31.6 Å². The van der Waals surface area contributed by atoms with Crippen LogP contribution in [0.5, 0.6) is 0 Å². The number of amides is 1. The number of nitrogens with one attached hydrogen (secondary N) is 1. The van der Waals surface area contributed by atoms with Crippen molar-refractivity contribution in [3.8, 4) is 0 Å². The van der Waals surface area contributed by atoms with Crippen molar-refractivity contribution in [1.82, 2.24) is 4.72 Å². The summed E-state index contributed by atoms with van der Waals surface area (Å²) in [6, 6.07) is 12.4. The van der Waals surface area contributed by atoms with E-state index in [-0.39, 0.29) is 29.3 Å². The van der Waals surface area contributed by atoms with Gasteiger partial charge in [0, 0.05) is 13.0 Å². The molecule has 1 aliphatic rings. The molecule has 28 heavy (non-hydrogen) atoms. The van der Waals surface area contributed by atoms with E-state index in [1.165, 1.54) is 12.1 Å². The van der Waals surface area contributed by atoms with Gasteiger partial charge in [0.05, 0.1) is 16.3 Å². The zero-order valence-electron chi connectivity index (χ0n) is 15.7. The molecule has 0 spiro atoms. The highest BCUT2D eigenvalue weighted by atomic mass is 32.2. The van der Waals surface area contributed by atoms with Crippen LogP contribution in [-0.2, 0) is 31.3 Å². The van der Waals surface area contributed by atoms with Crippen molar-refractivity contribution in [2.24, 2.45) is 0 Å². The maximum Gasteiger partial charge on any atom is 0.242 e. The molecular formula is C19H22N2O5S2. The fourth-order valence-corrected chi connectivity index (χ4v) is 6.31. The van der Waals surface area contributed by atoms with E-state index in [9.17, 15) is 21.6 Å². The third-order valence-corrected chi connectivity index (χ3v) is 8.03. The summed E-state index contributed by atoms with van der Waals surface area (Å²) in [6.07, 6.45) is 0.484.